The molecule has 2 aromatic carbocycles. The zero-order valence-corrected chi connectivity index (χ0v) is 22.5. The van der Waals surface area contributed by atoms with Crippen LogP contribution in [0.15, 0.2) is 54.9 Å². The summed E-state index contributed by atoms with van der Waals surface area (Å²) < 4.78 is 52.7. The fourth-order valence-electron chi connectivity index (χ4n) is 4.70. The van der Waals surface area contributed by atoms with Crippen molar-refractivity contribution in [1.82, 2.24) is 20.3 Å². The van der Waals surface area contributed by atoms with E-state index in [1.165, 1.54) is 17.4 Å². The summed E-state index contributed by atoms with van der Waals surface area (Å²) >= 11 is 1.31. The summed E-state index contributed by atoms with van der Waals surface area (Å²) in [5.74, 6) is -2.06. The van der Waals surface area contributed by atoms with Crippen molar-refractivity contribution in [3.63, 3.8) is 0 Å². The second-order valence-corrected chi connectivity index (χ2v) is 11.0. The maximum atomic E-state index is 13.6. The number of nitrogens with zero attached hydrogens (tertiary/aromatic N) is 3. The van der Waals surface area contributed by atoms with E-state index in [-0.39, 0.29) is 17.6 Å². The molecular weight excluding hydrogens is 562 g/mol. The van der Waals surface area contributed by atoms with Crippen LogP contribution in [0.3, 0.4) is 0 Å². The number of aromatic nitrogens is 3. The lowest BCUT2D eigenvalue weighted by Crippen LogP contribution is -2.42. The summed E-state index contributed by atoms with van der Waals surface area (Å²) in [5.41, 5.74) is -0.0443. The van der Waals surface area contributed by atoms with E-state index in [2.05, 4.69) is 25.6 Å². The van der Waals surface area contributed by atoms with Crippen molar-refractivity contribution in [2.24, 2.45) is 0 Å². The van der Waals surface area contributed by atoms with Crippen LogP contribution < -0.4 is 10.6 Å². The van der Waals surface area contributed by atoms with Crippen LogP contribution >= 0.6 is 11.3 Å². The summed E-state index contributed by atoms with van der Waals surface area (Å²) in [6.45, 7) is 1.85. The predicted octanol–water partition coefficient (Wildman–Crippen LogP) is 6.08. The second kappa shape index (κ2) is 11.1. The molecule has 1 aliphatic carbocycles. The van der Waals surface area contributed by atoms with Crippen molar-refractivity contribution in [1.29, 1.82) is 0 Å². The summed E-state index contributed by atoms with van der Waals surface area (Å²) in [4.78, 5) is 25.2. The maximum Gasteiger partial charge on any atom is 0.433 e. The second-order valence-electron chi connectivity index (χ2n) is 9.95. The summed E-state index contributed by atoms with van der Waals surface area (Å²) in [5, 5.41) is 26.9. The highest BCUT2D eigenvalue weighted by Crippen LogP contribution is 2.41. The monoisotopic (exact) mass is 587 g/mol. The van der Waals surface area contributed by atoms with Crippen molar-refractivity contribution in [3.8, 4) is 16.2 Å². The molecule has 5 rings (SSSR count). The fourth-order valence-corrected chi connectivity index (χ4v) is 5.75. The summed E-state index contributed by atoms with van der Waals surface area (Å²) in [6.07, 6.45) is -0.249. The van der Waals surface area contributed by atoms with Gasteiger partial charge in [0.1, 0.15) is 16.3 Å². The quantitative estimate of drug-likeness (QED) is 0.202. The lowest BCUT2D eigenvalue weighted by Gasteiger charge is -2.34. The number of thiazole rings is 1. The van der Waals surface area contributed by atoms with Crippen molar-refractivity contribution in [3.05, 3.63) is 82.5 Å². The largest absolute Gasteiger partial charge is 0.505 e. The number of amides is 1. The highest BCUT2D eigenvalue weighted by atomic mass is 32.1. The Hall–Kier alpha value is -4.10. The van der Waals surface area contributed by atoms with Gasteiger partial charge in [0.2, 0.25) is 5.95 Å². The molecule has 13 heteroatoms. The molecule has 1 amide bonds. The smallest absolute Gasteiger partial charge is 0.433 e. The lowest BCUT2D eigenvalue weighted by molar-refractivity contribution is -0.141. The number of phenolic OH excluding ortho intramolecular Hbond substituents is 1. The van der Waals surface area contributed by atoms with Crippen LogP contribution in [0, 0.1) is 12.7 Å². The van der Waals surface area contributed by atoms with Crippen LogP contribution in [0.5, 0.6) is 5.75 Å². The number of hydrogen-bond donors (Lipinski definition) is 4. The number of aliphatic hydroxyl groups is 1. The van der Waals surface area contributed by atoms with E-state index in [0.717, 1.165) is 40.4 Å². The van der Waals surface area contributed by atoms with E-state index in [4.69, 9.17) is 0 Å². The van der Waals surface area contributed by atoms with Crippen LogP contribution in [0.25, 0.3) is 10.4 Å². The van der Waals surface area contributed by atoms with E-state index in [1.54, 1.807) is 18.3 Å². The molecule has 1 aliphatic rings. The standard InChI is InChI=1S/C28H25F4N5O3S/c1-15-10-17(12-19(11-15)36-26-33-9-6-23(37-26)28(30,31)32)22-14-34-25(41-22)27(40)7-4-18(5-8-27)35-24(39)16-2-3-21(38)20(29)13-16/h2-3,6,9-14,18,38,40H,4-5,7-8H2,1H3,(H,35,39)(H,33,36,37). The van der Waals surface area contributed by atoms with E-state index in [1.807, 2.05) is 13.0 Å². The molecule has 4 N–H and O–H groups in total. The minimum absolute atomic E-state index is 0.0948. The van der Waals surface area contributed by atoms with Gasteiger partial charge in [0.05, 0.1) is 4.88 Å². The van der Waals surface area contributed by atoms with Crippen LogP contribution in [-0.4, -0.2) is 37.1 Å². The van der Waals surface area contributed by atoms with E-state index >= 15 is 0 Å². The Morgan fingerprint density at radius 2 is 1.85 bits per heavy atom. The third-order valence-electron chi connectivity index (χ3n) is 6.83. The minimum atomic E-state index is -4.59. The molecule has 0 atom stereocenters. The minimum Gasteiger partial charge on any atom is -0.505 e. The zero-order chi connectivity index (χ0) is 29.4. The first-order chi connectivity index (χ1) is 19.4. The third kappa shape index (κ3) is 6.46. The topological polar surface area (TPSA) is 120 Å². The Balaban J connectivity index is 1.26. The molecule has 1 fully saturated rings. The number of anilines is 2. The number of hydrogen-bond acceptors (Lipinski definition) is 8. The number of nitrogens with one attached hydrogen (secondary N) is 2. The molecule has 4 aromatic rings. The molecule has 8 nitrogen and oxygen atoms in total. The Bertz CT molecular complexity index is 1590. The number of aromatic hydroxyl groups is 1. The van der Waals surface area contributed by atoms with E-state index < -0.39 is 34.9 Å². The number of alkyl halides is 3. The highest BCUT2D eigenvalue weighted by molar-refractivity contribution is 7.15. The third-order valence-corrected chi connectivity index (χ3v) is 8.07. The molecule has 0 unspecified atom stereocenters. The number of benzene rings is 2. The number of rotatable bonds is 6. The van der Waals surface area contributed by atoms with Crippen LogP contribution in [0.4, 0.5) is 29.2 Å². The Morgan fingerprint density at radius 1 is 1.10 bits per heavy atom. The molecule has 0 bridgehead atoms. The van der Waals surface area contributed by atoms with E-state index in [0.29, 0.717) is 36.4 Å². The van der Waals surface area contributed by atoms with Crippen LogP contribution in [-0.2, 0) is 11.8 Å². The number of carbonyl (C=O) groups excluding carboxylic acids is 1. The van der Waals surface area contributed by atoms with Gasteiger partial charge in [0.15, 0.2) is 11.6 Å². The molecule has 0 saturated heterocycles. The number of halogens is 4. The molecule has 41 heavy (non-hydrogen) atoms. The van der Waals surface area contributed by atoms with Crippen molar-refractivity contribution < 1.29 is 32.6 Å². The van der Waals surface area contributed by atoms with Crippen molar-refractivity contribution in [2.75, 3.05) is 5.32 Å². The fraction of sp³-hybridized carbons (Fsp3) is 0.286. The first kappa shape index (κ1) is 28.4. The van der Waals surface area contributed by atoms with Gasteiger partial charge in [-0.3, -0.25) is 4.79 Å². The molecule has 1 saturated carbocycles. The van der Waals surface area contributed by atoms with Crippen LogP contribution in [0.2, 0.25) is 0 Å². The van der Waals surface area contributed by atoms with Gasteiger partial charge in [-0.15, -0.1) is 11.3 Å². The normalized spacial score (nSPS) is 19.1. The Kier molecular flexibility index (Phi) is 7.66. The predicted molar refractivity (Wildman–Crippen MR) is 144 cm³/mol. The van der Waals surface area contributed by atoms with Crippen LogP contribution in [0.1, 0.15) is 52.3 Å². The molecule has 2 aromatic heterocycles. The summed E-state index contributed by atoms with van der Waals surface area (Å²) in [7, 11) is 0. The van der Waals surface area contributed by atoms with Gasteiger partial charge in [-0.1, -0.05) is 6.07 Å². The van der Waals surface area contributed by atoms with Crippen molar-refractivity contribution in [2.45, 2.75) is 50.4 Å². The molecule has 2 heterocycles. The van der Waals surface area contributed by atoms with Gasteiger partial charge in [0, 0.05) is 29.7 Å². The molecule has 214 valence electrons. The number of carbonyl (C=O) groups is 1. The van der Waals surface area contributed by atoms with Gasteiger partial charge in [-0.25, -0.2) is 19.3 Å². The first-order valence-corrected chi connectivity index (χ1v) is 13.5. The van der Waals surface area contributed by atoms with Gasteiger partial charge in [-0.05, 0) is 80.1 Å². The van der Waals surface area contributed by atoms with E-state index in [9.17, 15) is 32.6 Å². The maximum absolute atomic E-state index is 13.6. The SMILES string of the molecule is Cc1cc(Nc2nccc(C(F)(F)F)n2)cc(-c2cnc(C3(O)CCC(NC(=O)c4ccc(O)c(F)c4)CC3)s2)c1. The van der Waals surface area contributed by atoms with Gasteiger partial charge in [-0.2, -0.15) is 13.2 Å². The van der Waals surface area contributed by atoms with Gasteiger partial charge >= 0.3 is 6.18 Å². The Morgan fingerprint density at radius 3 is 2.56 bits per heavy atom. The lowest BCUT2D eigenvalue weighted by atomic mass is 9.82. The Labute approximate surface area is 236 Å². The number of aryl methyl sites for hydroxylation is 1. The molecule has 0 aliphatic heterocycles. The zero-order valence-electron chi connectivity index (χ0n) is 21.7. The van der Waals surface area contributed by atoms with Crippen molar-refractivity contribution >= 4 is 28.9 Å². The first-order valence-electron chi connectivity index (χ1n) is 12.7. The molecule has 0 spiro atoms. The highest BCUT2D eigenvalue weighted by Gasteiger charge is 2.38. The van der Waals surface area contributed by atoms with Gasteiger partial charge in [0.25, 0.3) is 5.91 Å². The van der Waals surface area contributed by atoms with Gasteiger partial charge < -0.3 is 20.8 Å². The summed E-state index contributed by atoms with van der Waals surface area (Å²) in [6, 6.07) is 9.41. The number of phenols is 1. The molecular formula is C28H25F4N5O3S. The molecule has 0 radical (unpaired) electrons. The average molecular weight is 588 g/mol. The average Bonchev–Trinajstić information content (AvgIpc) is 3.43.